The molecule has 1 aromatic carbocycles. The van der Waals surface area contributed by atoms with E-state index in [2.05, 4.69) is 65.1 Å². The maximum Gasteiger partial charge on any atom is 0.253 e. The van der Waals surface area contributed by atoms with Gasteiger partial charge in [0.15, 0.2) is 0 Å². The van der Waals surface area contributed by atoms with Gasteiger partial charge in [0.1, 0.15) is 11.6 Å². The van der Waals surface area contributed by atoms with Gasteiger partial charge in [-0.25, -0.2) is 9.97 Å². The SMILES string of the molecule is Cc1ccsc1CN1CCC2(CC1)CCN(C(=O)c1ccc(CN(Cc3ncc[nH]3)Cc3ncc[nH]3)cc1)CC2. The number of H-pyrrole nitrogens is 2. The molecule has 2 fully saturated rings. The van der Waals surface area contributed by atoms with Crippen LogP contribution in [-0.4, -0.2) is 66.7 Å². The minimum Gasteiger partial charge on any atom is -0.348 e. The van der Waals surface area contributed by atoms with Crippen molar-refractivity contribution in [2.75, 3.05) is 26.2 Å². The second-order valence-corrected chi connectivity index (χ2v) is 12.5. The molecule has 2 N–H and O–H groups in total. The summed E-state index contributed by atoms with van der Waals surface area (Å²) in [6, 6.07) is 10.4. The molecule has 2 aliphatic rings. The maximum atomic E-state index is 13.4. The van der Waals surface area contributed by atoms with Crippen molar-refractivity contribution in [3.8, 4) is 0 Å². The Balaban J connectivity index is 1.01. The molecule has 0 atom stereocenters. The Labute approximate surface area is 240 Å². The molecule has 6 rings (SSSR count). The zero-order chi connectivity index (χ0) is 27.4. The Bertz CT molecular complexity index is 1310. The molecule has 0 bridgehead atoms. The van der Waals surface area contributed by atoms with Gasteiger partial charge in [0.2, 0.25) is 0 Å². The summed E-state index contributed by atoms with van der Waals surface area (Å²) in [6.45, 7) is 9.50. The molecule has 40 heavy (non-hydrogen) atoms. The molecular weight excluding hydrogens is 518 g/mol. The second-order valence-electron chi connectivity index (χ2n) is 11.5. The Morgan fingerprint density at radius 1 is 0.900 bits per heavy atom. The zero-order valence-corrected chi connectivity index (χ0v) is 24.1. The van der Waals surface area contributed by atoms with Gasteiger partial charge < -0.3 is 14.9 Å². The summed E-state index contributed by atoms with van der Waals surface area (Å²) in [5, 5.41) is 2.20. The van der Waals surface area contributed by atoms with Crippen LogP contribution in [0.3, 0.4) is 0 Å². The summed E-state index contributed by atoms with van der Waals surface area (Å²) in [5.74, 6) is 2.00. The van der Waals surface area contributed by atoms with Gasteiger partial charge in [0, 0.05) is 61.4 Å². The highest BCUT2D eigenvalue weighted by molar-refractivity contribution is 7.10. The number of hydrogen-bond donors (Lipinski definition) is 2. The van der Waals surface area contributed by atoms with Crippen LogP contribution >= 0.6 is 11.3 Å². The largest absolute Gasteiger partial charge is 0.348 e. The fourth-order valence-electron chi connectivity index (χ4n) is 6.19. The number of aromatic amines is 2. The third-order valence-corrected chi connectivity index (χ3v) is 9.83. The summed E-state index contributed by atoms with van der Waals surface area (Å²) in [5.41, 5.74) is 3.78. The third-order valence-electron chi connectivity index (χ3n) is 8.83. The number of imidazole rings is 2. The fraction of sp³-hybridized carbons (Fsp3) is 0.452. The average Bonchev–Trinajstić information content (AvgIpc) is 3.76. The van der Waals surface area contributed by atoms with E-state index in [0.717, 1.165) is 61.8 Å². The Hall–Kier alpha value is -3.27. The molecular formula is C31H39N7OS. The summed E-state index contributed by atoms with van der Waals surface area (Å²) in [4.78, 5) is 37.0. The lowest BCUT2D eigenvalue weighted by atomic mass is 9.71. The minimum absolute atomic E-state index is 0.162. The number of thiophene rings is 1. The van der Waals surface area contributed by atoms with Crippen molar-refractivity contribution < 1.29 is 4.79 Å². The van der Waals surface area contributed by atoms with Crippen LogP contribution in [0.1, 0.15) is 63.7 Å². The lowest BCUT2D eigenvalue weighted by molar-refractivity contribution is 0.0287. The van der Waals surface area contributed by atoms with Crippen molar-refractivity contribution in [3.63, 3.8) is 0 Å². The number of benzene rings is 1. The molecule has 2 saturated heterocycles. The number of hydrogen-bond acceptors (Lipinski definition) is 6. The Kier molecular flexibility index (Phi) is 8.13. The van der Waals surface area contributed by atoms with Gasteiger partial charge in [-0.3, -0.25) is 14.6 Å². The zero-order valence-electron chi connectivity index (χ0n) is 23.3. The van der Waals surface area contributed by atoms with Gasteiger partial charge in [-0.1, -0.05) is 12.1 Å². The Morgan fingerprint density at radius 2 is 1.52 bits per heavy atom. The molecule has 0 aliphatic carbocycles. The smallest absolute Gasteiger partial charge is 0.253 e. The number of likely N-dealkylation sites (tertiary alicyclic amines) is 2. The van der Waals surface area contributed by atoms with Crippen molar-refractivity contribution in [1.82, 2.24) is 34.6 Å². The number of rotatable bonds is 9. The number of carbonyl (C=O) groups excluding carboxylic acids is 1. The van der Waals surface area contributed by atoms with E-state index in [-0.39, 0.29) is 5.91 Å². The number of aromatic nitrogens is 4. The van der Waals surface area contributed by atoms with E-state index in [0.29, 0.717) is 18.5 Å². The number of nitrogens with one attached hydrogen (secondary N) is 2. The van der Waals surface area contributed by atoms with Crippen molar-refractivity contribution >= 4 is 17.2 Å². The first-order chi connectivity index (χ1) is 19.6. The Morgan fingerprint density at radius 3 is 2.08 bits per heavy atom. The number of piperidine rings is 2. The topological polar surface area (TPSA) is 84.2 Å². The van der Waals surface area contributed by atoms with Gasteiger partial charge in [0.25, 0.3) is 5.91 Å². The van der Waals surface area contributed by atoms with Crippen molar-refractivity contribution in [2.24, 2.45) is 5.41 Å². The quantitative estimate of drug-likeness (QED) is 0.295. The lowest BCUT2D eigenvalue weighted by Crippen LogP contribution is -2.48. The molecule has 4 aromatic rings. The number of nitrogens with zero attached hydrogens (tertiary/aromatic N) is 5. The fourth-order valence-corrected chi connectivity index (χ4v) is 7.14. The summed E-state index contributed by atoms with van der Waals surface area (Å²) < 4.78 is 0. The molecule has 2 aliphatic heterocycles. The highest BCUT2D eigenvalue weighted by atomic mass is 32.1. The second kappa shape index (κ2) is 12.1. The van der Waals surface area contributed by atoms with Crippen LogP contribution in [0.4, 0.5) is 0 Å². The predicted molar refractivity (Wildman–Crippen MR) is 158 cm³/mol. The van der Waals surface area contributed by atoms with Crippen LogP contribution in [0.5, 0.6) is 0 Å². The number of amides is 1. The molecule has 0 radical (unpaired) electrons. The van der Waals surface area contributed by atoms with E-state index >= 15 is 0 Å². The van der Waals surface area contributed by atoms with Gasteiger partial charge in [-0.15, -0.1) is 11.3 Å². The first kappa shape index (κ1) is 26.9. The van der Waals surface area contributed by atoms with E-state index in [4.69, 9.17) is 0 Å². The first-order valence-electron chi connectivity index (χ1n) is 14.4. The standard InChI is InChI=1S/C31H39N7OS/c1-24-6-19-40-27(24)21-36-15-7-31(8-16-36)9-17-38(18-10-31)30(39)26-4-2-25(3-5-26)20-37(22-28-32-11-12-33-28)23-29-34-13-14-35-29/h2-6,11-14,19H,7-10,15-18,20-23H2,1H3,(H,32,33)(H,34,35). The monoisotopic (exact) mass is 557 g/mol. The molecule has 3 aromatic heterocycles. The van der Waals surface area contributed by atoms with Gasteiger partial charge in [-0.2, -0.15) is 0 Å². The van der Waals surface area contributed by atoms with Crippen LogP contribution in [-0.2, 0) is 26.2 Å². The van der Waals surface area contributed by atoms with Gasteiger partial charge in [-0.05, 0) is 85.8 Å². The maximum absolute atomic E-state index is 13.4. The van der Waals surface area contributed by atoms with E-state index in [1.54, 1.807) is 12.4 Å². The van der Waals surface area contributed by atoms with Crippen LogP contribution in [0, 0.1) is 12.3 Å². The molecule has 1 amide bonds. The van der Waals surface area contributed by atoms with Crippen LogP contribution in [0.25, 0.3) is 0 Å². The third kappa shape index (κ3) is 6.37. The molecule has 210 valence electrons. The summed E-state index contributed by atoms with van der Waals surface area (Å²) in [6.07, 6.45) is 12.0. The molecule has 5 heterocycles. The lowest BCUT2D eigenvalue weighted by Gasteiger charge is -2.47. The number of carbonyl (C=O) groups is 1. The van der Waals surface area contributed by atoms with Crippen molar-refractivity contribution in [3.05, 3.63) is 93.7 Å². The van der Waals surface area contributed by atoms with Crippen molar-refractivity contribution in [1.29, 1.82) is 0 Å². The van der Waals surface area contributed by atoms with E-state index in [9.17, 15) is 4.79 Å². The average molecular weight is 558 g/mol. The van der Waals surface area contributed by atoms with E-state index in [1.807, 2.05) is 35.9 Å². The van der Waals surface area contributed by atoms with Gasteiger partial charge >= 0.3 is 0 Å². The van der Waals surface area contributed by atoms with Crippen LogP contribution < -0.4 is 0 Å². The van der Waals surface area contributed by atoms with E-state index < -0.39 is 0 Å². The molecule has 0 unspecified atom stereocenters. The minimum atomic E-state index is 0.162. The molecule has 0 saturated carbocycles. The normalized spacial score (nSPS) is 17.6. The summed E-state index contributed by atoms with van der Waals surface area (Å²) in [7, 11) is 0. The summed E-state index contributed by atoms with van der Waals surface area (Å²) >= 11 is 1.88. The molecule has 1 spiro atoms. The highest BCUT2D eigenvalue weighted by Gasteiger charge is 2.38. The van der Waals surface area contributed by atoms with Crippen LogP contribution in [0.15, 0.2) is 60.5 Å². The van der Waals surface area contributed by atoms with Gasteiger partial charge in [0.05, 0.1) is 13.1 Å². The van der Waals surface area contributed by atoms with Crippen LogP contribution in [0.2, 0.25) is 0 Å². The highest BCUT2D eigenvalue weighted by Crippen LogP contribution is 2.42. The molecule has 9 heteroatoms. The molecule has 8 nitrogen and oxygen atoms in total. The van der Waals surface area contributed by atoms with E-state index in [1.165, 1.54) is 36.4 Å². The predicted octanol–water partition coefficient (Wildman–Crippen LogP) is 5.22. The van der Waals surface area contributed by atoms with Crippen molar-refractivity contribution in [2.45, 2.75) is 58.8 Å². The first-order valence-corrected chi connectivity index (χ1v) is 15.3. The number of aryl methyl sites for hydroxylation is 1.